The lowest BCUT2D eigenvalue weighted by Crippen LogP contribution is -2.32. The third-order valence-electron chi connectivity index (χ3n) is 3.13. The fourth-order valence-corrected chi connectivity index (χ4v) is 2.86. The minimum atomic E-state index is -4.44. The van der Waals surface area contributed by atoms with Crippen LogP contribution in [0.4, 0.5) is 19.0 Å². The van der Waals surface area contributed by atoms with Crippen LogP contribution in [0.3, 0.4) is 0 Å². The average Bonchev–Trinajstić information content (AvgIpc) is 2.54. The van der Waals surface area contributed by atoms with Crippen molar-refractivity contribution in [2.75, 3.05) is 11.9 Å². The molecule has 1 atom stereocenters. The summed E-state index contributed by atoms with van der Waals surface area (Å²) in [4.78, 5) is 0. The SMILES string of the molecule is CC(C)(C)C1CCNc2c(Br)c(C(F)(F)F)nn21. The van der Waals surface area contributed by atoms with Crippen molar-refractivity contribution in [1.82, 2.24) is 9.78 Å². The summed E-state index contributed by atoms with van der Waals surface area (Å²) >= 11 is 3.00. The monoisotopic (exact) mass is 325 g/mol. The van der Waals surface area contributed by atoms with Gasteiger partial charge in [0.15, 0.2) is 5.69 Å². The molecule has 0 spiro atoms. The number of hydrogen-bond donors (Lipinski definition) is 1. The van der Waals surface area contributed by atoms with Crippen LogP contribution in [0.15, 0.2) is 4.47 Å². The zero-order valence-electron chi connectivity index (χ0n) is 10.4. The molecule has 1 aliphatic rings. The second-order valence-corrected chi connectivity index (χ2v) is 6.34. The van der Waals surface area contributed by atoms with E-state index in [0.717, 1.165) is 6.42 Å². The summed E-state index contributed by atoms with van der Waals surface area (Å²) in [5, 5.41) is 6.73. The molecule has 0 bridgehead atoms. The van der Waals surface area contributed by atoms with Crippen LogP contribution in [0.5, 0.6) is 0 Å². The molecule has 0 saturated heterocycles. The largest absolute Gasteiger partial charge is 0.436 e. The van der Waals surface area contributed by atoms with Crippen LogP contribution in [0, 0.1) is 5.41 Å². The number of hydrogen-bond acceptors (Lipinski definition) is 2. The first-order valence-electron chi connectivity index (χ1n) is 5.71. The normalized spacial score (nSPS) is 20.5. The van der Waals surface area contributed by atoms with Gasteiger partial charge in [-0.2, -0.15) is 18.3 Å². The van der Waals surface area contributed by atoms with Gasteiger partial charge in [0.2, 0.25) is 0 Å². The van der Waals surface area contributed by atoms with Crippen LogP contribution >= 0.6 is 15.9 Å². The zero-order valence-corrected chi connectivity index (χ0v) is 12.0. The van der Waals surface area contributed by atoms with Crippen molar-refractivity contribution in [3.63, 3.8) is 0 Å². The molecular formula is C11H15BrF3N3. The molecule has 18 heavy (non-hydrogen) atoms. The van der Waals surface area contributed by atoms with Gasteiger partial charge in [-0.1, -0.05) is 20.8 Å². The molecule has 7 heteroatoms. The molecule has 1 N–H and O–H groups in total. The first kappa shape index (κ1) is 13.7. The molecule has 0 saturated carbocycles. The van der Waals surface area contributed by atoms with Gasteiger partial charge in [-0.15, -0.1) is 0 Å². The molecule has 0 amide bonds. The standard InChI is InChI=1S/C11H15BrF3N3/c1-10(2,3)6-4-5-16-9-7(12)8(11(13,14)15)17-18(6)9/h6,16H,4-5H2,1-3H3. The minimum absolute atomic E-state index is 0.00366. The van der Waals surface area contributed by atoms with Gasteiger partial charge >= 0.3 is 6.18 Å². The van der Waals surface area contributed by atoms with Crippen LogP contribution in [0.25, 0.3) is 0 Å². The van der Waals surface area contributed by atoms with Crippen LogP contribution in [-0.4, -0.2) is 16.3 Å². The van der Waals surface area contributed by atoms with Crippen LogP contribution in [-0.2, 0) is 6.18 Å². The number of fused-ring (bicyclic) bond motifs is 1. The third kappa shape index (κ3) is 2.24. The predicted molar refractivity (Wildman–Crippen MR) is 66.5 cm³/mol. The van der Waals surface area contributed by atoms with Gasteiger partial charge < -0.3 is 5.32 Å². The lowest BCUT2D eigenvalue weighted by molar-refractivity contribution is -0.142. The number of alkyl halides is 3. The summed E-state index contributed by atoms with van der Waals surface area (Å²) in [6.45, 7) is 6.68. The quantitative estimate of drug-likeness (QED) is 0.779. The second kappa shape index (κ2) is 4.15. The highest BCUT2D eigenvalue weighted by molar-refractivity contribution is 9.10. The van der Waals surface area contributed by atoms with Gasteiger partial charge in [0.05, 0.1) is 10.5 Å². The van der Waals surface area contributed by atoms with Crippen molar-refractivity contribution in [3.8, 4) is 0 Å². The van der Waals surface area contributed by atoms with Gasteiger partial charge in [0.25, 0.3) is 0 Å². The molecule has 1 aromatic rings. The lowest BCUT2D eigenvalue weighted by atomic mass is 9.84. The number of nitrogens with one attached hydrogen (secondary N) is 1. The molecule has 3 nitrogen and oxygen atoms in total. The van der Waals surface area contributed by atoms with Gasteiger partial charge in [0.1, 0.15) is 5.82 Å². The summed E-state index contributed by atoms with van der Waals surface area (Å²) in [7, 11) is 0. The first-order valence-corrected chi connectivity index (χ1v) is 6.50. The van der Waals surface area contributed by atoms with E-state index in [9.17, 15) is 13.2 Å². The van der Waals surface area contributed by atoms with E-state index in [1.807, 2.05) is 20.8 Å². The Bertz CT molecular complexity index is 459. The Labute approximate surface area is 112 Å². The Morgan fingerprint density at radius 1 is 1.33 bits per heavy atom. The van der Waals surface area contributed by atoms with E-state index in [1.54, 1.807) is 0 Å². The average molecular weight is 326 g/mol. The fourth-order valence-electron chi connectivity index (χ4n) is 2.23. The molecule has 1 aliphatic heterocycles. The van der Waals surface area contributed by atoms with Crippen LogP contribution < -0.4 is 5.32 Å². The smallest absolute Gasteiger partial charge is 0.369 e. The van der Waals surface area contributed by atoms with Crippen LogP contribution in [0.2, 0.25) is 0 Å². The number of aromatic nitrogens is 2. The molecule has 2 rings (SSSR count). The Balaban J connectivity index is 2.54. The Kier molecular flexibility index (Phi) is 3.16. The van der Waals surface area contributed by atoms with E-state index in [4.69, 9.17) is 0 Å². The third-order valence-corrected chi connectivity index (χ3v) is 3.88. The molecule has 0 radical (unpaired) electrons. The molecule has 0 aromatic carbocycles. The Hall–Kier alpha value is -0.720. The van der Waals surface area contributed by atoms with Crippen molar-refractivity contribution < 1.29 is 13.2 Å². The van der Waals surface area contributed by atoms with Crippen LogP contribution in [0.1, 0.15) is 38.9 Å². The maximum absolute atomic E-state index is 12.8. The Morgan fingerprint density at radius 3 is 2.44 bits per heavy atom. The number of rotatable bonds is 0. The molecule has 1 aromatic heterocycles. The summed E-state index contributed by atoms with van der Waals surface area (Å²) in [5.74, 6) is 0.425. The van der Waals surface area contributed by atoms with Crippen molar-refractivity contribution in [3.05, 3.63) is 10.2 Å². The lowest BCUT2D eigenvalue weighted by Gasteiger charge is -2.35. The van der Waals surface area contributed by atoms with E-state index in [2.05, 4.69) is 26.3 Å². The summed E-state index contributed by atoms with van der Waals surface area (Å²) in [5.41, 5.74) is -0.994. The topological polar surface area (TPSA) is 29.9 Å². The van der Waals surface area contributed by atoms with Gasteiger partial charge in [-0.3, -0.25) is 0 Å². The molecule has 0 fully saturated rings. The van der Waals surface area contributed by atoms with Crippen molar-refractivity contribution >= 4 is 21.7 Å². The highest BCUT2D eigenvalue weighted by atomic mass is 79.9. The summed E-state index contributed by atoms with van der Waals surface area (Å²) in [6, 6.07) is -0.0406. The van der Waals surface area contributed by atoms with Gasteiger partial charge in [-0.05, 0) is 27.8 Å². The van der Waals surface area contributed by atoms with Crippen molar-refractivity contribution in [1.29, 1.82) is 0 Å². The Morgan fingerprint density at radius 2 is 1.94 bits per heavy atom. The highest BCUT2D eigenvalue weighted by Crippen LogP contribution is 2.44. The number of anilines is 1. The fraction of sp³-hybridized carbons (Fsp3) is 0.727. The van der Waals surface area contributed by atoms with Gasteiger partial charge in [0, 0.05) is 6.54 Å². The first-order chi connectivity index (χ1) is 8.12. The molecule has 2 heterocycles. The minimum Gasteiger partial charge on any atom is -0.369 e. The van der Waals surface area contributed by atoms with E-state index < -0.39 is 11.9 Å². The van der Waals surface area contributed by atoms with Gasteiger partial charge in [-0.25, -0.2) is 4.68 Å². The molecule has 102 valence electrons. The van der Waals surface area contributed by atoms with E-state index in [1.165, 1.54) is 4.68 Å². The highest BCUT2D eigenvalue weighted by Gasteiger charge is 2.42. The maximum atomic E-state index is 12.8. The molecule has 1 unspecified atom stereocenters. The summed E-state index contributed by atoms with van der Waals surface area (Å²) in [6.07, 6.45) is -3.67. The zero-order chi connectivity index (χ0) is 13.7. The predicted octanol–water partition coefficient (Wildman–Crippen LogP) is 4.07. The second-order valence-electron chi connectivity index (χ2n) is 5.55. The van der Waals surface area contributed by atoms with E-state index in [0.29, 0.717) is 12.4 Å². The van der Waals surface area contributed by atoms with E-state index >= 15 is 0 Å². The van der Waals surface area contributed by atoms with Crippen molar-refractivity contribution in [2.24, 2.45) is 5.41 Å². The number of halogens is 4. The van der Waals surface area contributed by atoms with E-state index in [-0.39, 0.29) is 15.9 Å². The molecular weight excluding hydrogens is 311 g/mol. The number of nitrogens with zero attached hydrogens (tertiary/aromatic N) is 2. The summed E-state index contributed by atoms with van der Waals surface area (Å²) < 4.78 is 39.9. The van der Waals surface area contributed by atoms with Crippen molar-refractivity contribution in [2.45, 2.75) is 39.4 Å². The molecule has 0 aliphatic carbocycles. The maximum Gasteiger partial charge on any atom is 0.436 e.